The molecule has 0 radical (unpaired) electrons. The molecule has 0 aliphatic heterocycles. The highest BCUT2D eigenvalue weighted by Crippen LogP contribution is 2.22. The van der Waals surface area contributed by atoms with Gasteiger partial charge in [0.25, 0.3) is 0 Å². The first-order chi connectivity index (χ1) is 9.19. The second-order valence-corrected chi connectivity index (χ2v) is 5.40. The average molecular weight is 320 g/mol. The topological polar surface area (TPSA) is 21.3 Å². The standard InChI is InChI=1S/C16H18BrNO/c1-12-8-15(6-7-16(12)17)19-11-14-5-3-4-13(9-14)10-18-2/h3-9,18H,10-11H2,1-2H3. The molecule has 2 aromatic carbocycles. The highest BCUT2D eigenvalue weighted by molar-refractivity contribution is 9.10. The summed E-state index contributed by atoms with van der Waals surface area (Å²) in [6, 6.07) is 14.5. The molecule has 0 bridgehead atoms. The van der Waals surface area contributed by atoms with Crippen molar-refractivity contribution in [2.24, 2.45) is 0 Å². The molecular formula is C16H18BrNO. The Labute approximate surface area is 122 Å². The van der Waals surface area contributed by atoms with Crippen LogP contribution in [0.3, 0.4) is 0 Å². The highest BCUT2D eigenvalue weighted by Gasteiger charge is 2.00. The summed E-state index contributed by atoms with van der Waals surface area (Å²) < 4.78 is 6.93. The SMILES string of the molecule is CNCc1cccc(COc2ccc(Br)c(C)c2)c1. The molecule has 2 nitrogen and oxygen atoms in total. The first kappa shape index (κ1) is 14.1. The fourth-order valence-corrected chi connectivity index (χ4v) is 2.15. The van der Waals surface area contributed by atoms with Gasteiger partial charge in [-0.25, -0.2) is 0 Å². The zero-order valence-corrected chi connectivity index (χ0v) is 12.8. The Hall–Kier alpha value is -1.32. The van der Waals surface area contributed by atoms with Crippen LogP contribution < -0.4 is 10.1 Å². The lowest BCUT2D eigenvalue weighted by molar-refractivity contribution is 0.306. The third-order valence-corrected chi connectivity index (χ3v) is 3.80. The van der Waals surface area contributed by atoms with Gasteiger partial charge in [-0.2, -0.15) is 0 Å². The van der Waals surface area contributed by atoms with Crippen molar-refractivity contribution >= 4 is 15.9 Å². The molecule has 0 spiro atoms. The van der Waals surface area contributed by atoms with Crippen LogP contribution in [0.5, 0.6) is 5.75 Å². The van der Waals surface area contributed by atoms with Gasteiger partial charge in [0.15, 0.2) is 0 Å². The van der Waals surface area contributed by atoms with Crippen LogP contribution in [-0.4, -0.2) is 7.05 Å². The fraction of sp³-hybridized carbons (Fsp3) is 0.250. The predicted octanol–water partition coefficient (Wildman–Crippen LogP) is 4.06. The Morgan fingerprint density at radius 3 is 2.63 bits per heavy atom. The van der Waals surface area contributed by atoms with E-state index in [1.165, 1.54) is 16.7 Å². The van der Waals surface area contributed by atoms with Crippen LogP contribution in [0.25, 0.3) is 0 Å². The molecule has 2 aromatic rings. The Kier molecular flexibility index (Phi) is 5.00. The number of benzene rings is 2. The van der Waals surface area contributed by atoms with Gasteiger partial charge in [-0.3, -0.25) is 0 Å². The maximum atomic E-state index is 5.82. The molecule has 0 amide bonds. The van der Waals surface area contributed by atoms with Crippen molar-refractivity contribution in [1.29, 1.82) is 0 Å². The molecule has 0 aliphatic rings. The van der Waals surface area contributed by atoms with Gasteiger partial charge in [0.1, 0.15) is 12.4 Å². The molecule has 100 valence electrons. The van der Waals surface area contributed by atoms with E-state index in [0.29, 0.717) is 6.61 Å². The summed E-state index contributed by atoms with van der Waals surface area (Å²) in [6.07, 6.45) is 0. The molecule has 0 heterocycles. The van der Waals surface area contributed by atoms with Crippen LogP contribution in [-0.2, 0) is 13.2 Å². The maximum Gasteiger partial charge on any atom is 0.120 e. The number of hydrogen-bond acceptors (Lipinski definition) is 2. The molecule has 1 N–H and O–H groups in total. The van der Waals surface area contributed by atoms with E-state index in [4.69, 9.17) is 4.74 Å². The zero-order chi connectivity index (χ0) is 13.7. The molecule has 0 aromatic heterocycles. The lowest BCUT2D eigenvalue weighted by atomic mass is 10.1. The summed E-state index contributed by atoms with van der Waals surface area (Å²) in [5, 5.41) is 3.15. The number of rotatable bonds is 5. The lowest BCUT2D eigenvalue weighted by Gasteiger charge is -2.09. The van der Waals surface area contributed by atoms with E-state index in [1.807, 2.05) is 25.2 Å². The molecular weight excluding hydrogens is 302 g/mol. The van der Waals surface area contributed by atoms with E-state index < -0.39 is 0 Å². The summed E-state index contributed by atoms with van der Waals surface area (Å²) in [5.41, 5.74) is 3.64. The van der Waals surface area contributed by atoms with E-state index in [-0.39, 0.29) is 0 Å². The van der Waals surface area contributed by atoms with Crippen molar-refractivity contribution in [3.8, 4) is 5.75 Å². The monoisotopic (exact) mass is 319 g/mol. The molecule has 0 fully saturated rings. The van der Waals surface area contributed by atoms with Crippen LogP contribution in [0.4, 0.5) is 0 Å². The minimum atomic E-state index is 0.596. The summed E-state index contributed by atoms with van der Waals surface area (Å²) >= 11 is 3.49. The minimum Gasteiger partial charge on any atom is -0.489 e. The van der Waals surface area contributed by atoms with Crippen molar-refractivity contribution < 1.29 is 4.74 Å². The van der Waals surface area contributed by atoms with Gasteiger partial charge in [-0.1, -0.05) is 40.2 Å². The number of aryl methyl sites for hydroxylation is 1. The summed E-state index contributed by atoms with van der Waals surface area (Å²) in [5.74, 6) is 0.903. The maximum absolute atomic E-state index is 5.82. The Bertz CT molecular complexity index is 554. The molecule has 0 atom stereocenters. The van der Waals surface area contributed by atoms with E-state index in [0.717, 1.165) is 16.8 Å². The van der Waals surface area contributed by atoms with E-state index in [2.05, 4.69) is 52.4 Å². The van der Waals surface area contributed by atoms with E-state index >= 15 is 0 Å². The van der Waals surface area contributed by atoms with Crippen LogP contribution in [0.1, 0.15) is 16.7 Å². The van der Waals surface area contributed by atoms with Gasteiger partial charge in [-0.15, -0.1) is 0 Å². The van der Waals surface area contributed by atoms with E-state index in [9.17, 15) is 0 Å². The molecule has 0 saturated carbocycles. The third kappa shape index (κ3) is 4.08. The number of nitrogens with one attached hydrogen (secondary N) is 1. The Morgan fingerprint density at radius 1 is 1.11 bits per heavy atom. The summed E-state index contributed by atoms with van der Waals surface area (Å²) in [4.78, 5) is 0. The van der Waals surface area contributed by atoms with Crippen LogP contribution in [0, 0.1) is 6.92 Å². The van der Waals surface area contributed by atoms with Gasteiger partial charge < -0.3 is 10.1 Å². The predicted molar refractivity (Wildman–Crippen MR) is 82.4 cm³/mol. The highest BCUT2D eigenvalue weighted by atomic mass is 79.9. The van der Waals surface area contributed by atoms with Crippen LogP contribution >= 0.6 is 15.9 Å². The molecule has 2 rings (SSSR count). The smallest absolute Gasteiger partial charge is 0.120 e. The number of hydrogen-bond donors (Lipinski definition) is 1. The molecule has 0 aliphatic carbocycles. The second kappa shape index (κ2) is 6.73. The van der Waals surface area contributed by atoms with Gasteiger partial charge in [0.05, 0.1) is 0 Å². The van der Waals surface area contributed by atoms with Crippen molar-refractivity contribution in [2.45, 2.75) is 20.1 Å². The number of halogens is 1. The quantitative estimate of drug-likeness (QED) is 0.897. The van der Waals surface area contributed by atoms with Crippen molar-refractivity contribution in [1.82, 2.24) is 5.32 Å². The first-order valence-electron chi connectivity index (χ1n) is 6.30. The van der Waals surface area contributed by atoms with Gasteiger partial charge in [0.2, 0.25) is 0 Å². The Balaban J connectivity index is 2.01. The number of ether oxygens (including phenoxy) is 1. The average Bonchev–Trinajstić information content (AvgIpc) is 2.41. The zero-order valence-electron chi connectivity index (χ0n) is 11.2. The van der Waals surface area contributed by atoms with Crippen molar-refractivity contribution in [2.75, 3.05) is 7.05 Å². The summed E-state index contributed by atoms with van der Waals surface area (Å²) in [6.45, 7) is 3.54. The molecule has 0 unspecified atom stereocenters. The largest absolute Gasteiger partial charge is 0.489 e. The second-order valence-electron chi connectivity index (χ2n) is 4.55. The minimum absolute atomic E-state index is 0.596. The molecule has 3 heteroatoms. The van der Waals surface area contributed by atoms with Gasteiger partial charge >= 0.3 is 0 Å². The Morgan fingerprint density at radius 2 is 1.89 bits per heavy atom. The van der Waals surface area contributed by atoms with Crippen LogP contribution in [0.15, 0.2) is 46.9 Å². The third-order valence-electron chi connectivity index (χ3n) is 2.91. The van der Waals surface area contributed by atoms with E-state index in [1.54, 1.807) is 0 Å². The van der Waals surface area contributed by atoms with Gasteiger partial charge in [-0.05, 0) is 48.9 Å². The molecule has 19 heavy (non-hydrogen) atoms. The summed E-state index contributed by atoms with van der Waals surface area (Å²) in [7, 11) is 1.95. The van der Waals surface area contributed by atoms with Crippen molar-refractivity contribution in [3.05, 3.63) is 63.6 Å². The van der Waals surface area contributed by atoms with Gasteiger partial charge in [0, 0.05) is 11.0 Å². The first-order valence-corrected chi connectivity index (χ1v) is 7.09. The van der Waals surface area contributed by atoms with Crippen molar-refractivity contribution in [3.63, 3.8) is 0 Å². The normalized spacial score (nSPS) is 10.5. The lowest BCUT2D eigenvalue weighted by Crippen LogP contribution is -2.05. The fourth-order valence-electron chi connectivity index (χ4n) is 1.91. The molecule has 0 saturated heterocycles. The van der Waals surface area contributed by atoms with Crippen LogP contribution in [0.2, 0.25) is 0 Å².